The maximum Gasteiger partial charge on any atom is 0.124 e. The van der Waals surface area contributed by atoms with Crippen LogP contribution in [-0.2, 0) is 12.8 Å². The van der Waals surface area contributed by atoms with Crippen LogP contribution in [0.5, 0.6) is 0 Å². The predicted octanol–water partition coefficient (Wildman–Crippen LogP) is 5.61. The normalized spacial score (nSPS) is 17.1. The lowest BCUT2D eigenvalue weighted by molar-refractivity contribution is 0.429. The van der Waals surface area contributed by atoms with E-state index in [1.807, 2.05) is 12.1 Å². The summed E-state index contributed by atoms with van der Waals surface area (Å²) in [5, 5.41) is 0.893. The molecule has 1 aromatic heterocycles. The molecule has 1 aliphatic heterocycles. The second-order valence-electron chi connectivity index (χ2n) is 8.47. The fourth-order valence-electron chi connectivity index (χ4n) is 4.10. The van der Waals surface area contributed by atoms with Crippen molar-refractivity contribution >= 4 is 17.6 Å². The van der Waals surface area contributed by atoms with Crippen molar-refractivity contribution in [2.45, 2.75) is 30.9 Å². The molecule has 2 fully saturated rings. The summed E-state index contributed by atoms with van der Waals surface area (Å²) in [5.74, 6) is -0.182. The van der Waals surface area contributed by atoms with Crippen molar-refractivity contribution in [1.82, 2.24) is 9.29 Å². The molecule has 1 saturated heterocycles. The van der Waals surface area contributed by atoms with Crippen molar-refractivity contribution in [1.29, 1.82) is 0 Å². The van der Waals surface area contributed by atoms with E-state index in [4.69, 9.17) is 0 Å². The fourth-order valence-corrected chi connectivity index (χ4v) is 5.25. The Balaban J connectivity index is 1.17. The third-order valence-corrected chi connectivity index (χ3v) is 7.47. The molecular formula is C26H28FN3S. The van der Waals surface area contributed by atoms with E-state index in [1.165, 1.54) is 24.1 Å². The van der Waals surface area contributed by atoms with E-state index >= 15 is 0 Å². The SMILES string of the molecule is Fc1cc(CCc2ccc(N3CCN(SC4CC4)CC3)cc2)cc(-c2ccncc2)c1. The molecule has 3 nitrogen and oxygen atoms in total. The topological polar surface area (TPSA) is 19.4 Å². The first kappa shape index (κ1) is 20.5. The van der Waals surface area contributed by atoms with E-state index < -0.39 is 0 Å². The van der Waals surface area contributed by atoms with Crippen LogP contribution in [0.2, 0.25) is 0 Å². The number of aromatic nitrogens is 1. The number of pyridine rings is 1. The standard InChI is InChI=1S/C26H28FN3S/c27-24-18-21(17-23(19-24)22-9-11-28-12-10-22)2-1-20-3-5-25(6-4-20)29-13-15-30(16-14-29)31-26-7-8-26/h3-6,9-12,17-19,26H,1-2,7-8,13-16H2. The second-order valence-corrected chi connectivity index (χ2v) is 9.87. The molecular weight excluding hydrogens is 405 g/mol. The predicted molar refractivity (Wildman–Crippen MR) is 128 cm³/mol. The zero-order valence-corrected chi connectivity index (χ0v) is 18.5. The van der Waals surface area contributed by atoms with Gasteiger partial charge in [0.1, 0.15) is 5.82 Å². The van der Waals surface area contributed by atoms with E-state index in [-0.39, 0.29) is 5.82 Å². The van der Waals surface area contributed by atoms with Crippen molar-refractivity contribution in [2.75, 3.05) is 31.1 Å². The first-order valence-corrected chi connectivity index (χ1v) is 12.0. The molecule has 0 spiro atoms. The number of halogens is 1. The smallest absolute Gasteiger partial charge is 0.124 e. The van der Waals surface area contributed by atoms with Crippen molar-refractivity contribution < 1.29 is 4.39 Å². The Hall–Kier alpha value is -2.37. The summed E-state index contributed by atoms with van der Waals surface area (Å²) in [6.45, 7) is 4.48. The number of aryl methyl sites for hydroxylation is 2. The lowest BCUT2D eigenvalue weighted by Gasteiger charge is -2.35. The van der Waals surface area contributed by atoms with Crippen LogP contribution in [0, 0.1) is 5.82 Å². The highest BCUT2D eigenvalue weighted by molar-refractivity contribution is 7.97. The van der Waals surface area contributed by atoms with E-state index in [1.54, 1.807) is 24.5 Å². The van der Waals surface area contributed by atoms with Crippen molar-refractivity contribution in [2.24, 2.45) is 0 Å². The Morgan fingerprint density at radius 3 is 2.23 bits per heavy atom. The zero-order valence-electron chi connectivity index (χ0n) is 17.7. The van der Waals surface area contributed by atoms with E-state index in [0.29, 0.717) is 0 Å². The minimum absolute atomic E-state index is 0.182. The van der Waals surface area contributed by atoms with Crippen molar-refractivity contribution in [3.8, 4) is 11.1 Å². The van der Waals surface area contributed by atoms with Gasteiger partial charge in [0.2, 0.25) is 0 Å². The van der Waals surface area contributed by atoms with E-state index in [9.17, 15) is 4.39 Å². The van der Waals surface area contributed by atoms with Crippen LogP contribution in [0.3, 0.4) is 0 Å². The number of rotatable bonds is 7. The van der Waals surface area contributed by atoms with Crippen molar-refractivity contribution in [3.63, 3.8) is 0 Å². The summed E-state index contributed by atoms with van der Waals surface area (Å²) in [6, 6.07) is 18.1. The molecule has 0 unspecified atom stereocenters. The summed E-state index contributed by atoms with van der Waals surface area (Å²) >= 11 is 2.07. The molecule has 0 radical (unpaired) electrons. The first-order chi connectivity index (χ1) is 15.2. The molecule has 2 aromatic carbocycles. The Bertz CT molecular complexity index is 997. The van der Waals surface area contributed by atoms with Crippen LogP contribution in [0.25, 0.3) is 11.1 Å². The molecule has 0 N–H and O–H groups in total. The van der Waals surface area contributed by atoms with E-state index in [0.717, 1.165) is 61.0 Å². The van der Waals surface area contributed by atoms with Gasteiger partial charge in [-0.1, -0.05) is 30.1 Å². The molecule has 2 aliphatic rings. The molecule has 160 valence electrons. The third kappa shape index (κ3) is 5.46. The summed E-state index contributed by atoms with van der Waals surface area (Å²) in [7, 11) is 0. The summed E-state index contributed by atoms with van der Waals surface area (Å²) < 4.78 is 16.7. The molecule has 5 rings (SSSR count). The van der Waals surface area contributed by atoms with E-state index in [2.05, 4.69) is 56.5 Å². The van der Waals surface area contributed by atoms with Gasteiger partial charge in [-0.15, -0.1) is 0 Å². The minimum Gasteiger partial charge on any atom is -0.369 e. The number of hydrogen-bond acceptors (Lipinski definition) is 4. The number of piperazine rings is 1. The average molecular weight is 434 g/mol. The maximum absolute atomic E-state index is 14.2. The van der Waals surface area contributed by atoms with Gasteiger partial charge in [0, 0.05) is 49.5 Å². The van der Waals surface area contributed by atoms with Crippen LogP contribution in [0.4, 0.5) is 10.1 Å². The van der Waals surface area contributed by atoms with Crippen LogP contribution in [0.15, 0.2) is 67.0 Å². The molecule has 5 heteroatoms. The van der Waals surface area contributed by atoms with Gasteiger partial charge in [0.15, 0.2) is 0 Å². The number of benzene rings is 2. The van der Waals surface area contributed by atoms with Gasteiger partial charge >= 0.3 is 0 Å². The maximum atomic E-state index is 14.2. The highest BCUT2D eigenvalue weighted by Gasteiger charge is 2.27. The number of nitrogens with zero attached hydrogens (tertiary/aromatic N) is 3. The van der Waals surface area contributed by atoms with Gasteiger partial charge < -0.3 is 4.90 Å². The van der Waals surface area contributed by atoms with Gasteiger partial charge in [-0.05, 0) is 84.3 Å². The highest BCUT2D eigenvalue weighted by Crippen LogP contribution is 2.36. The van der Waals surface area contributed by atoms with Gasteiger partial charge in [0.05, 0.1) is 0 Å². The van der Waals surface area contributed by atoms with Gasteiger partial charge in [-0.2, -0.15) is 0 Å². The van der Waals surface area contributed by atoms with Crippen LogP contribution >= 0.6 is 11.9 Å². The monoisotopic (exact) mass is 433 g/mol. The Kier molecular flexibility index (Phi) is 6.23. The number of anilines is 1. The molecule has 0 amide bonds. The molecule has 31 heavy (non-hydrogen) atoms. The minimum atomic E-state index is -0.182. The number of hydrogen-bond donors (Lipinski definition) is 0. The lowest BCUT2D eigenvalue weighted by Crippen LogP contribution is -2.43. The summed E-state index contributed by atoms with van der Waals surface area (Å²) in [5.41, 5.74) is 5.54. The largest absolute Gasteiger partial charge is 0.369 e. The molecule has 1 aliphatic carbocycles. The van der Waals surface area contributed by atoms with Crippen molar-refractivity contribution in [3.05, 3.63) is 83.9 Å². The zero-order chi connectivity index (χ0) is 21.0. The summed E-state index contributed by atoms with van der Waals surface area (Å²) in [4.78, 5) is 6.54. The third-order valence-electron chi connectivity index (χ3n) is 6.04. The lowest BCUT2D eigenvalue weighted by atomic mass is 9.99. The van der Waals surface area contributed by atoms with Crippen LogP contribution in [-0.4, -0.2) is 40.7 Å². The molecule has 0 atom stereocenters. The fraction of sp³-hybridized carbons (Fsp3) is 0.346. The Labute approximate surface area is 188 Å². The Morgan fingerprint density at radius 1 is 0.806 bits per heavy atom. The van der Waals surface area contributed by atoms with Gasteiger partial charge in [-0.25, -0.2) is 8.70 Å². The first-order valence-electron chi connectivity index (χ1n) is 11.2. The molecule has 0 bridgehead atoms. The second kappa shape index (κ2) is 9.41. The highest BCUT2D eigenvalue weighted by atomic mass is 32.2. The van der Waals surface area contributed by atoms with Crippen LogP contribution < -0.4 is 4.90 Å². The van der Waals surface area contributed by atoms with Gasteiger partial charge in [-0.3, -0.25) is 4.98 Å². The quantitative estimate of drug-likeness (QED) is 0.451. The van der Waals surface area contributed by atoms with Crippen LogP contribution in [0.1, 0.15) is 24.0 Å². The molecule has 2 heterocycles. The average Bonchev–Trinajstić information content (AvgIpc) is 3.63. The van der Waals surface area contributed by atoms with Gasteiger partial charge in [0.25, 0.3) is 0 Å². The Morgan fingerprint density at radius 2 is 1.52 bits per heavy atom. The molecule has 1 saturated carbocycles. The summed E-state index contributed by atoms with van der Waals surface area (Å²) in [6.07, 6.45) is 8.01. The molecule has 3 aromatic rings.